The maximum atomic E-state index is 12.7. The molecule has 1 aromatic heterocycles. The Morgan fingerprint density at radius 1 is 1.25 bits per heavy atom. The van der Waals surface area contributed by atoms with Gasteiger partial charge in [0.2, 0.25) is 0 Å². The molecule has 0 aliphatic heterocycles. The largest absolute Gasteiger partial charge is 0.480 e. The third kappa shape index (κ3) is 6.97. The van der Waals surface area contributed by atoms with E-state index >= 15 is 0 Å². The highest BCUT2D eigenvalue weighted by atomic mass is 32.2. The monoisotopic (exact) mass is 461 g/mol. The van der Waals surface area contributed by atoms with Crippen LogP contribution in [-0.4, -0.2) is 51.5 Å². The number of nitrogens with zero attached hydrogens (tertiary/aromatic N) is 2. The van der Waals surface area contributed by atoms with Gasteiger partial charge in [0.25, 0.3) is 0 Å². The van der Waals surface area contributed by atoms with E-state index in [4.69, 9.17) is 4.74 Å². The van der Waals surface area contributed by atoms with Crippen LogP contribution in [0.15, 0.2) is 29.4 Å². The molecule has 3 rings (SSSR count). The minimum atomic E-state index is -0.881. The first-order chi connectivity index (χ1) is 15.6. The molecule has 8 heteroatoms. The average Bonchev–Trinajstić information content (AvgIpc) is 3.13. The molecular weight excluding hydrogens is 426 g/mol. The van der Waals surface area contributed by atoms with Crippen molar-refractivity contribution in [1.82, 2.24) is 14.9 Å². The Balaban J connectivity index is 1.53. The van der Waals surface area contributed by atoms with Crippen molar-refractivity contribution in [2.75, 3.05) is 18.9 Å². The van der Waals surface area contributed by atoms with Crippen LogP contribution in [0.25, 0.3) is 11.0 Å². The predicted octanol–water partition coefficient (Wildman–Crippen LogP) is 4.48. The van der Waals surface area contributed by atoms with Gasteiger partial charge >= 0.3 is 11.9 Å². The summed E-state index contributed by atoms with van der Waals surface area (Å²) in [5, 5.41) is 13.5. The van der Waals surface area contributed by atoms with E-state index < -0.39 is 5.97 Å². The van der Waals surface area contributed by atoms with E-state index in [2.05, 4.69) is 17.2 Å². The number of nitrogens with one attached hydrogen (secondary N) is 1. The molecule has 1 aliphatic carbocycles. The minimum Gasteiger partial charge on any atom is -0.480 e. The lowest BCUT2D eigenvalue weighted by molar-refractivity contribution is -0.148. The fourth-order valence-corrected chi connectivity index (χ4v) is 5.21. The standard InChI is InChI=1S/C24H35N3O4S/c1-2-3-15-31-23(30)22(18-10-5-4-6-11-18)25-14-9-16-32-24-26-19-12-7-8-13-20(19)27(24)17-21(28)29/h7-8,12-13,18,22,25H,2-6,9-11,14-17H2,1H3,(H,28,29). The number of thioether (sulfide) groups is 1. The highest BCUT2D eigenvalue weighted by Crippen LogP contribution is 2.28. The highest BCUT2D eigenvalue weighted by Gasteiger charge is 2.30. The Morgan fingerprint density at radius 3 is 2.78 bits per heavy atom. The summed E-state index contributed by atoms with van der Waals surface area (Å²) in [5.74, 6) is 0.151. The number of benzene rings is 1. The maximum Gasteiger partial charge on any atom is 0.323 e. The lowest BCUT2D eigenvalue weighted by Crippen LogP contribution is -2.45. The minimum absolute atomic E-state index is 0.103. The predicted molar refractivity (Wildman–Crippen MR) is 127 cm³/mol. The number of rotatable bonds is 13. The third-order valence-corrected chi connectivity index (χ3v) is 7.01. The maximum absolute atomic E-state index is 12.7. The van der Waals surface area contributed by atoms with Crippen LogP contribution < -0.4 is 5.32 Å². The van der Waals surface area contributed by atoms with Crippen LogP contribution in [0.5, 0.6) is 0 Å². The SMILES string of the molecule is CCCCOC(=O)C(NCCCSc1nc2ccccc2n1CC(=O)O)C1CCCCC1. The van der Waals surface area contributed by atoms with Gasteiger partial charge in [0.05, 0.1) is 17.6 Å². The van der Waals surface area contributed by atoms with Crippen molar-refractivity contribution in [3.63, 3.8) is 0 Å². The molecule has 0 saturated heterocycles. The van der Waals surface area contributed by atoms with E-state index in [1.54, 1.807) is 16.3 Å². The summed E-state index contributed by atoms with van der Waals surface area (Å²) in [7, 11) is 0. The number of fused-ring (bicyclic) bond motifs is 1. The molecule has 1 aliphatic rings. The lowest BCUT2D eigenvalue weighted by atomic mass is 9.84. The molecule has 1 saturated carbocycles. The normalized spacial score (nSPS) is 15.7. The zero-order valence-electron chi connectivity index (χ0n) is 18.9. The Bertz CT molecular complexity index is 879. The second kappa shape index (κ2) is 12.8. The Kier molecular flexibility index (Phi) is 9.87. The molecular formula is C24H35N3O4S. The molecule has 0 radical (unpaired) electrons. The number of para-hydroxylation sites is 2. The Labute approximate surface area is 194 Å². The van der Waals surface area contributed by atoms with Gasteiger partial charge in [0, 0.05) is 5.75 Å². The molecule has 7 nitrogen and oxygen atoms in total. The molecule has 0 bridgehead atoms. The number of hydrogen-bond donors (Lipinski definition) is 2. The number of esters is 1. The molecule has 2 aromatic rings. The van der Waals surface area contributed by atoms with E-state index in [9.17, 15) is 14.7 Å². The molecule has 2 N–H and O–H groups in total. The number of carboxylic acids is 1. The van der Waals surface area contributed by atoms with Gasteiger partial charge in [0.1, 0.15) is 12.6 Å². The first-order valence-electron chi connectivity index (χ1n) is 11.8. The fourth-order valence-electron chi connectivity index (χ4n) is 4.26. The second-order valence-corrected chi connectivity index (χ2v) is 9.48. The van der Waals surface area contributed by atoms with Gasteiger partial charge in [-0.25, -0.2) is 4.98 Å². The summed E-state index contributed by atoms with van der Waals surface area (Å²) in [6, 6.07) is 7.37. The van der Waals surface area contributed by atoms with E-state index in [0.29, 0.717) is 12.5 Å². The van der Waals surface area contributed by atoms with Crippen molar-refractivity contribution >= 4 is 34.7 Å². The number of hydrogen-bond acceptors (Lipinski definition) is 6. The summed E-state index contributed by atoms with van der Waals surface area (Å²) in [6.45, 7) is 3.20. The molecule has 1 atom stereocenters. The van der Waals surface area contributed by atoms with Crippen LogP contribution in [0.1, 0.15) is 58.3 Å². The molecule has 1 unspecified atom stereocenters. The van der Waals surface area contributed by atoms with Gasteiger partial charge in [-0.15, -0.1) is 0 Å². The van der Waals surface area contributed by atoms with Crippen molar-refractivity contribution in [2.24, 2.45) is 5.92 Å². The first kappa shape index (κ1) is 24.6. The van der Waals surface area contributed by atoms with E-state index in [-0.39, 0.29) is 18.6 Å². The molecule has 0 spiro atoms. The van der Waals surface area contributed by atoms with Crippen LogP contribution in [0.4, 0.5) is 0 Å². The fraction of sp³-hybridized carbons (Fsp3) is 0.625. The van der Waals surface area contributed by atoms with Gasteiger partial charge in [-0.05, 0) is 50.3 Å². The first-order valence-corrected chi connectivity index (χ1v) is 12.8. The van der Waals surface area contributed by atoms with E-state index in [1.807, 2.05) is 24.3 Å². The van der Waals surface area contributed by atoms with Crippen LogP contribution in [0.3, 0.4) is 0 Å². The zero-order chi connectivity index (χ0) is 22.8. The number of aromatic nitrogens is 2. The van der Waals surface area contributed by atoms with Crippen molar-refractivity contribution in [1.29, 1.82) is 0 Å². The number of carbonyl (C=O) groups excluding carboxylic acids is 1. The second-order valence-electron chi connectivity index (χ2n) is 8.42. The van der Waals surface area contributed by atoms with Crippen molar-refractivity contribution in [3.05, 3.63) is 24.3 Å². The van der Waals surface area contributed by atoms with E-state index in [0.717, 1.165) is 60.6 Å². The summed E-state index contributed by atoms with van der Waals surface area (Å²) in [5.41, 5.74) is 1.64. The summed E-state index contributed by atoms with van der Waals surface area (Å²) in [6.07, 6.45) is 8.54. The highest BCUT2D eigenvalue weighted by molar-refractivity contribution is 7.99. The topological polar surface area (TPSA) is 93.5 Å². The summed E-state index contributed by atoms with van der Waals surface area (Å²) >= 11 is 1.56. The number of ether oxygens (including phenoxy) is 1. The molecule has 1 heterocycles. The number of carboxylic acid groups (broad SMARTS) is 1. The third-order valence-electron chi connectivity index (χ3n) is 5.95. The van der Waals surface area contributed by atoms with Crippen LogP contribution >= 0.6 is 11.8 Å². The summed E-state index contributed by atoms with van der Waals surface area (Å²) < 4.78 is 7.29. The Hall–Kier alpha value is -2.06. The van der Waals surface area contributed by atoms with E-state index in [1.165, 1.54) is 19.3 Å². The molecule has 0 amide bonds. The van der Waals surface area contributed by atoms with Crippen LogP contribution in [0.2, 0.25) is 0 Å². The smallest absolute Gasteiger partial charge is 0.323 e. The summed E-state index contributed by atoms with van der Waals surface area (Å²) in [4.78, 5) is 28.6. The number of unbranched alkanes of at least 4 members (excludes halogenated alkanes) is 1. The van der Waals surface area contributed by atoms with Crippen LogP contribution in [-0.2, 0) is 20.9 Å². The molecule has 1 aromatic carbocycles. The number of carbonyl (C=O) groups is 2. The number of aliphatic carboxylic acids is 1. The zero-order valence-corrected chi connectivity index (χ0v) is 19.7. The van der Waals surface area contributed by atoms with Crippen molar-refractivity contribution in [3.8, 4) is 0 Å². The van der Waals surface area contributed by atoms with Gasteiger partial charge < -0.3 is 19.7 Å². The Morgan fingerprint density at radius 2 is 2.03 bits per heavy atom. The lowest BCUT2D eigenvalue weighted by Gasteiger charge is -2.29. The van der Waals surface area contributed by atoms with Gasteiger partial charge in [-0.1, -0.05) is 56.5 Å². The van der Waals surface area contributed by atoms with Gasteiger partial charge in [0.15, 0.2) is 5.16 Å². The van der Waals surface area contributed by atoms with Gasteiger partial charge in [-0.3, -0.25) is 9.59 Å². The quantitative estimate of drug-likeness (QED) is 0.258. The molecule has 176 valence electrons. The average molecular weight is 462 g/mol. The number of imidazole rings is 1. The van der Waals surface area contributed by atoms with Crippen molar-refractivity contribution in [2.45, 2.75) is 76.0 Å². The van der Waals surface area contributed by atoms with Gasteiger partial charge in [-0.2, -0.15) is 0 Å². The molecule has 1 fully saturated rings. The van der Waals surface area contributed by atoms with Crippen LogP contribution in [0, 0.1) is 5.92 Å². The molecule has 32 heavy (non-hydrogen) atoms. The van der Waals surface area contributed by atoms with Crippen molar-refractivity contribution < 1.29 is 19.4 Å².